The van der Waals surface area contributed by atoms with E-state index in [4.69, 9.17) is 16.3 Å². The highest BCUT2D eigenvalue weighted by molar-refractivity contribution is 7.97. The molecule has 0 N–H and O–H groups in total. The summed E-state index contributed by atoms with van der Waals surface area (Å²) < 4.78 is 48.7. The number of ether oxygens (including phenoxy) is 1. The second-order valence-electron chi connectivity index (χ2n) is 9.85. The number of hydrogen-bond donors (Lipinski definition) is 0. The van der Waals surface area contributed by atoms with Crippen molar-refractivity contribution < 1.29 is 22.7 Å². The van der Waals surface area contributed by atoms with Gasteiger partial charge in [0.15, 0.2) is 0 Å². The first kappa shape index (κ1) is 28.6. The Morgan fingerprint density at radius 3 is 2.25 bits per heavy atom. The fraction of sp³-hybridized carbons (Fsp3) is 0.345. The Labute approximate surface area is 241 Å². The molecule has 212 valence electrons. The number of carbonyl (C=O) groups excluding carboxylic acids is 1. The summed E-state index contributed by atoms with van der Waals surface area (Å²) in [5.41, 5.74) is 0.303. The van der Waals surface area contributed by atoms with Gasteiger partial charge < -0.3 is 14.5 Å². The lowest BCUT2D eigenvalue weighted by Gasteiger charge is -2.31. The maximum absolute atomic E-state index is 13.7. The smallest absolute Gasteiger partial charge is 0.416 e. The third-order valence-corrected chi connectivity index (χ3v) is 8.39. The van der Waals surface area contributed by atoms with Crippen molar-refractivity contribution >= 4 is 35.3 Å². The Hall–Kier alpha value is -2.92. The molecule has 2 fully saturated rings. The number of hydrogen-bond acceptors (Lipinski definition) is 5. The molecule has 3 aromatic rings. The quantitative estimate of drug-likeness (QED) is 0.263. The zero-order valence-corrected chi connectivity index (χ0v) is 23.6. The van der Waals surface area contributed by atoms with Crippen LogP contribution in [0.4, 0.5) is 23.7 Å². The summed E-state index contributed by atoms with van der Waals surface area (Å²) in [5, 5.41) is 0.599. The van der Waals surface area contributed by atoms with Crippen LogP contribution in [0.2, 0.25) is 5.02 Å². The molecule has 40 heavy (non-hydrogen) atoms. The number of rotatable bonds is 8. The number of amides is 2. The Balaban J connectivity index is 1.34. The van der Waals surface area contributed by atoms with Crippen molar-refractivity contribution in [2.45, 2.75) is 12.2 Å². The third kappa shape index (κ3) is 6.86. The molecule has 2 saturated heterocycles. The van der Waals surface area contributed by atoms with Gasteiger partial charge in [0.1, 0.15) is 11.5 Å². The topological polar surface area (TPSA) is 39.3 Å². The lowest BCUT2D eigenvalue weighted by molar-refractivity contribution is -0.137. The van der Waals surface area contributed by atoms with E-state index >= 15 is 0 Å². The molecule has 0 aliphatic carbocycles. The van der Waals surface area contributed by atoms with E-state index in [-0.39, 0.29) is 6.03 Å². The molecule has 5 rings (SSSR count). The van der Waals surface area contributed by atoms with Crippen molar-refractivity contribution in [1.82, 2.24) is 14.1 Å². The molecule has 1 unspecified atom stereocenters. The van der Waals surface area contributed by atoms with E-state index < -0.39 is 17.8 Å². The normalized spacial score (nSPS) is 18.9. The predicted molar refractivity (Wildman–Crippen MR) is 153 cm³/mol. The van der Waals surface area contributed by atoms with Crippen molar-refractivity contribution in [3.8, 4) is 11.5 Å². The first-order chi connectivity index (χ1) is 19.2. The lowest BCUT2D eigenvalue weighted by atomic mass is 10.0. The van der Waals surface area contributed by atoms with Gasteiger partial charge in [0, 0.05) is 55.7 Å². The fourth-order valence-corrected chi connectivity index (χ4v) is 5.93. The predicted octanol–water partition coefficient (Wildman–Crippen LogP) is 7.03. The van der Waals surface area contributed by atoms with Gasteiger partial charge in [-0.15, -0.1) is 0 Å². The summed E-state index contributed by atoms with van der Waals surface area (Å²) in [5.74, 6) is 1.89. The van der Waals surface area contributed by atoms with Gasteiger partial charge in [-0.2, -0.15) is 13.2 Å². The van der Waals surface area contributed by atoms with Gasteiger partial charge in [-0.05, 0) is 73.3 Å². The second-order valence-corrected chi connectivity index (χ2v) is 11.5. The lowest BCUT2D eigenvalue weighted by Crippen LogP contribution is -2.41. The van der Waals surface area contributed by atoms with Crippen LogP contribution in [0.15, 0.2) is 72.8 Å². The molecule has 2 aliphatic heterocycles. The van der Waals surface area contributed by atoms with Gasteiger partial charge in [0.05, 0.1) is 11.6 Å². The Kier molecular flexibility index (Phi) is 8.80. The molecule has 0 bridgehead atoms. The van der Waals surface area contributed by atoms with E-state index in [2.05, 4.69) is 16.3 Å². The number of urea groups is 1. The van der Waals surface area contributed by atoms with Crippen LogP contribution >= 0.6 is 23.5 Å². The monoisotopic (exact) mass is 590 g/mol. The highest BCUT2D eigenvalue weighted by Gasteiger charge is 2.40. The summed E-state index contributed by atoms with van der Waals surface area (Å²) in [6.07, 6.45) is -4.47. The van der Waals surface area contributed by atoms with E-state index in [1.807, 2.05) is 0 Å². The van der Waals surface area contributed by atoms with Crippen LogP contribution in [0.25, 0.3) is 0 Å². The van der Waals surface area contributed by atoms with Gasteiger partial charge in [0.25, 0.3) is 0 Å². The highest BCUT2D eigenvalue weighted by Crippen LogP contribution is 2.38. The van der Waals surface area contributed by atoms with Crippen molar-refractivity contribution in [3.63, 3.8) is 0 Å². The van der Waals surface area contributed by atoms with Crippen LogP contribution in [-0.2, 0) is 6.18 Å². The number of halogens is 4. The molecule has 0 spiro atoms. The molecular formula is C29H30ClF3N4O2S. The van der Waals surface area contributed by atoms with E-state index in [0.29, 0.717) is 46.6 Å². The molecule has 2 aliphatic rings. The number of likely N-dealkylation sites (N-methyl/N-ethyl adjacent to an activating group) is 1. The van der Waals surface area contributed by atoms with E-state index in [1.165, 1.54) is 6.07 Å². The molecular weight excluding hydrogens is 561 g/mol. The minimum atomic E-state index is -4.47. The molecule has 6 nitrogen and oxygen atoms in total. The zero-order valence-electron chi connectivity index (χ0n) is 22.0. The van der Waals surface area contributed by atoms with Gasteiger partial charge in [-0.1, -0.05) is 35.7 Å². The van der Waals surface area contributed by atoms with Gasteiger partial charge in [-0.3, -0.25) is 4.90 Å². The third-order valence-electron chi connectivity index (χ3n) is 7.04. The largest absolute Gasteiger partial charge is 0.457 e. The molecule has 0 radical (unpaired) electrons. The minimum Gasteiger partial charge on any atom is -0.457 e. The maximum Gasteiger partial charge on any atom is 0.416 e. The highest BCUT2D eigenvalue weighted by atomic mass is 35.5. The van der Waals surface area contributed by atoms with E-state index in [1.54, 1.807) is 76.3 Å². The maximum atomic E-state index is 13.7. The van der Waals surface area contributed by atoms with Crippen LogP contribution in [0.1, 0.15) is 17.2 Å². The number of benzene rings is 3. The Morgan fingerprint density at radius 2 is 1.60 bits per heavy atom. The summed E-state index contributed by atoms with van der Waals surface area (Å²) in [6, 6.07) is 18.4. The summed E-state index contributed by atoms with van der Waals surface area (Å²) in [7, 11) is 2.10. The fourth-order valence-electron chi connectivity index (χ4n) is 4.82. The van der Waals surface area contributed by atoms with Crippen molar-refractivity contribution in [2.24, 2.45) is 0 Å². The molecule has 0 saturated carbocycles. The second kappa shape index (κ2) is 12.3. The van der Waals surface area contributed by atoms with Crippen LogP contribution in [0, 0.1) is 0 Å². The number of carbonyl (C=O) groups is 1. The van der Waals surface area contributed by atoms with Gasteiger partial charge in [0.2, 0.25) is 0 Å². The van der Waals surface area contributed by atoms with Crippen molar-refractivity contribution in [1.29, 1.82) is 0 Å². The van der Waals surface area contributed by atoms with Crippen LogP contribution in [-0.4, -0.2) is 72.2 Å². The minimum absolute atomic E-state index is 0.229. The molecule has 2 amide bonds. The first-order valence-corrected chi connectivity index (χ1v) is 14.3. The van der Waals surface area contributed by atoms with E-state index in [0.717, 1.165) is 38.3 Å². The summed E-state index contributed by atoms with van der Waals surface area (Å²) in [6.45, 7) is 4.71. The van der Waals surface area contributed by atoms with Crippen LogP contribution in [0.5, 0.6) is 11.5 Å². The van der Waals surface area contributed by atoms with Gasteiger partial charge in [-0.25, -0.2) is 9.10 Å². The Morgan fingerprint density at radius 1 is 0.950 bits per heavy atom. The number of piperazine rings is 1. The summed E-state index contributed by atoms with van der Waals surface area (Å²) >= 11 is 7.66. The molecule has 2 heterocycles. The number of alkyl halides is 3. The molecule has 1 atom stereocenters. The zero-order chi connectivity index (χ0) is 28.3. The van der Waals surface area contributed by atoms with Crippen molar-refractivity contribution in [2.75, 3.05) is 57.0 Å². The molecule has 0 aromatic heterocycles. The molecule has 3 aromatic carbocycles. The SMILES string of the molecule is CN1CCN(SCCN2CC(c3cccc(C(F)(F)F)c3)N(c3ccc(Oc4ccc(Cl)cc4)cc3)C2=O)CC1. The van der Waals surface area contributed by atoms with Crippen LogP contribution < -0.4 is 9.64 Å². The number of anilines is 1. The van der Waals surface area contributed by atoms with E-state index in [9.17, 15) is 18.0 Å². The standard InChI is InChI=1S/C29H30ClF3N4O2S/c1-34-13-15-36(16-14-34)40-18-17-35-20-27(21-3-2-4-22(19-21)29(31,32)33)37(28(35)38)24-7-11-26(12-8-24)39-25-9-5-23(30)6-10-25/h2-12,19,27H,13-18,20H2,1H3. The average molecular weight is 591 g/mol. The summed E-state index contributed by atoms with van der Waals surface area (Å²) in [4.78, 5) is 19.3. The van der Waals surface area contributed by atoms with Gasteiger partial charge >= 0.3 is 12.2 Å². The van der Waals surface area contributed by atoms with Crippen LogP contribution in [0.3, 0.4) is 0 Å². The average Bonchev–Trinajstić information content (AvgIpc) is 3.27. The first-order valence-electron chi connectivity index (χ1n) is 13.0. The van der Waals surface area contributed by atoms with Crippen molar-refractivity contribution in [3.05, 3.63) is 88.9 Å². The number of nitrogens with zero attached hydrogens (tertiary/aromatic N) is 4. The Bertz CT molecular complexity index is 1300. The molecule has 11 heteroatoms.